The van der Waals surface area contributed by atoms with Crippen molar-refractivity contribution in [3.05, 3.63) is 0 Å². The number of carbonyl (C=O) groups is 2. The summed E-state index contributed by atoms with van der Waals surface area (Å²) in [5.41, 5.74) is -0.774. The van der Waals surface area contributed by atoms with Crippen molar-refractivity contribution in [3.8, 4) is 0 Å². The Balaban J connectivity index is 2.35. The minimum absolute atomic E-state index is 0.0183. The Hall–Kier alpha value is -1.10. The topological polar surface area (TPSA) is 58.6 Å². The Bertz CT molecular complexity index is 393. The summed E-state index contributed by atoms with van der Waals surface area (Å²) in [6.07, 6.45) is 2.30. The van der Waals surface area contributed by atoms with E-state index in [0.717, 1.165) is 12.8 Å². The van der Waals surface area contributed by atoms with Crippen molar-refractivity contribution in [3.63, 3.8) is 0 Å². The van der Waals surface area contributed by atoms with Crippen molar-refractivity contribution in [2.75, 3.05) is 13.2 Å². The van der Waals surface area contributed by atoms with E-state index >= 15 is 0 Å². The molecule has 2 saturated heterocycles. The summed E-state index contributed by atoms with van der Waals surface area (Å²) >= 11 is 0. The lowest BCUT2D eigenvalue weighted by atomic mass is 9.85. The minimum Gasteiger partial charge on any atom is -0.379 e. The van der Waals surface area contributed by atoms with Gasteiger partial charge in [0, 0.05) is 6.61 Å². The second kappa shape index (κ2) is 5.72. The largest absolute Gasteiger partial charge is 0.379 e. The van der Waals surface area contributed by atoms with E-state index in [1.807, 2.05) is 25.7 Å². The van der Waals surface area contributed by atoms with E-state index in [1.54, 1.807) is 0 Å². The highest BCUT2D eigenvalue weighted by Gasteiger charge is 2.51. The standard InChI is InChI=1S/C15H26N2O3/c1-5-10(3)12-13(18)16-15(4,6-2)14(19)17(12)11-7-8-20-9-11/h10-12H,5-9H2,1-4H3,(H,16,18). The van der Waals surface area contributed by atoms with Crippen LogP contribution in [-0.2, 0) is 14.3 Å². The maximum atomic E-state index is 12.9. The molecule has 0 aliphatic carbocycles. The van der Waals surface area contributed by atoms with Gasteiger partial charge in [-0.15, -0.1) is 0 Å². The van der Waals surface area contributed by atoms with Gasteiger partial charge in [-0.2, -0.15) is 0 Å². The third-order valence-corrected chi connectivity index (χ3v) is 4.86. The van der Waals surface area contributed by atoms with E-state index < -0.39 is 5.54 Å². The van der Waals surface area contributed by atoms with E-state index in [-0.39, 0.29) is 29.8 Å². The van der Waals surface area contributed by atoms with Gasteiger partial charge < -0.3 is 15.0 Å². The Morgan fingerprint density at radius 1 is 1.45 bits per heavy atom. The third kappa shape index (κ3) is 2.43. The number of carbonyl (C=O) groups excluding carboxylic acids is 2. The fourth-order valence-electron chi connectivity index (χ4n) is 3.07. The SMILES string of the molecule is CCC(C)C1C(=O)NC(C)(CC)C(=O)N1C1CCOC1. The molecule has 114 valence electrons. The summed E-state index contributed by atoms with van der Waals surface area (Å²) in [5.74, 6) is 0.177. The highest BCUT2D eigenvalue weighted by molar-refractivity contribution is 5.99. The summed E-state index contributed by atoms with van der Waals surface area (Å²) in [6.45, 7) is 9.07. The van der Waals surface area contributed by atoms with Gasteiger partial charge >= 0.3 is 0 Å². The molecule has 2 fully saturated rings. The molecule has 0 spiro atoms. The van der Waals surface area contributed by atoms with E-state index in [2.05, 4.69) is 12.2 Å². The monoisotopic (exact) mass is 282 g/mol. The average molecular weight is 282 g/mol. The van der Waals surface area contributed by atoms with Gasteiger partial charge in [0.1, 0.15) is 11.6 Å². The van der Waals surface area contributed by atoms with Crippen LogP contribution in [0.1, 0.15) is 47.0 Å². The van der Waals surface area contributed by atoms with E-state index in [1.165, 1.54) is 0 Å². The summed E-state index contributed by atoms with van der Waals surface area (Å²) in [4.78, 5) is 27.3. The van der Waals surface area contributed by atoms with Gasteiger partial charge in [0.25, 0.3) is 0 Å². The normalized spacial score (nSPS) is 36.1. The van der Waals surface area contributed by atoms with E-state index in [0.29, 0.717) is 19.6 Å². The molecule has 0 aromatic heterocycles. The maximum absolute atomic E-state index is 12.9. The molecule has 20 heavy (non-hydrogen) atoms. The first-order chi connectivity index (χ1) is 9.44. The molecule has 2 heterocycles. The zero-order valence-corrected chi connectivity index (χ0v) is 12.9. The Morgan fingerprint density at radius 2 is 2.15 bits per heavy atom. The van der Waals surface area contributed by atoms with Crippen LogP contribution in [-0.4, -0.2) is 47.6 Å². The molecule has 2 amide bonds. The number of hydrogen-bond acceptors (Lipinski definition) is 3. The molecular formula is C15H26N2O3. The Kier molecular flexibility index (Phi) is 4.37. The summed E-state index contributed by atoms with van der Waals surface area (Å²) in [5, 5.41) is 2.94. The predicted octanol–water partition coefficient (Wildman–Crippen LogP) is 1.32. The molecule has 2 aliphatic rings. The fraction of sp³-hybridized carbons (Fsp3) is 0.867. The lowest BCUT2D eigenvalue weighted by molar-refractivity contribution is -0.159. The van der Waals surface area contributed by atoms with Crippen molar-refractivity contribution < 1.29 is 14.3 Å². The molecule has 5 heteroatoms. The van der Waals surface area contributed by atoms with Crippen LogP contribution in [0.25, 0.3) is 0 Å². The first-order valence-corrected chi connectivity index (χ1v) is 7.67. The maximum Gasteiger partial charge on any atom is 0.249 e. The molecule has 0 bridgehead atoms. The van der Waals surface area contributed by atoms with Gasteiger partial charge in [-0.3, -0.25) is 9.59 Å². The third-order valence-electron chi connectivity index (χ3n) is 4.86. The number of piperazine rings is 1. The van der Waals surface area contributed by atoms with Crippen molar-refractivity contribution >= 4 is 11.8 Å². The van der Waals surface area contributed by atoms with Gasteiger partial charge in [0.15, 0.2) is 0 Å². The Labute approximate surface area is 121 Å². The number of rotatable bonds is 4. The summed E-state index contributed by atoms with van der Waals surface area (Å²) in [6, 6.07) is -0.322. The molecule has 0 saturated carbocycles. The van der Waals surface area contributed by atoms with Gasteiger partial charge in [0.2, 0.25) is 11.8 Å². The van der Waals surface area contributed by atoms with E-state index in [4.69, 9.17) is 4.74 Å². The summed E-state index contributed by atoms with van der Waals surface area (Å²) < 4.78 is 5.43. The molecule has 2 rings (SSSR count). The number of hydrogen-bond donors (Lipinski definition) is 1. The lowest BCUT2D eigenvalue weighted by Crippen LogP contribution is -2.72. The predicted molar refractivity (Wildman–Crippen MR) is 76.2 cm³/mol. The van der Waals surface area contributed by atoms with Crippen LogP contribution < -0.4 is 5.32 Å². The number of nitrogens with zero attached hydrogens (tertiary/aromatic N) is 1. The molecule has 2 aliphatic heterocycles. The molecule has 1 N–H and O–H groups in total. The fourth-order valence-corrected chi connectivity index (χ4v) is 3.07. The first-order valence-electron chi connectivity index (χ1n) is 7.67. The zero-order valence-electron chi connectivity index (χ0n) is 12.9. The van der Waals surface area contributed by atoms with Crippen LogP contribution in [0.3, 0.4) is 0 Å². The quantitative estimate of drug-likeness (QED) is 0.846. The van der Waals surface area contributed by atoms with Crippen molar-refractivity contribution in [2.24, 2.45) is 5.92 Å². The number of ether oxygens (including phenoxy) is 1. The van der Waals surface area contributed by atoms with Gasteiger partial charge in [-0.05, 0) is 25.7 Å². The molecule has 5 nitrogen and oxygen atoms in total. The van der Waals surface area contributed by atoms with Crippen molar-refractivity contribution in [1.82, 2.24) is 10.2 Å². The zero-order chi connectivity index (χ0) is 14.9. The number of amides is 2. The smallest absolute Gasteiger partial charge is 0.249 e. The summed E-state index contributed by atoms with van der Waals surface area (Å²) in [7, 11) is 0. The van der Waals surface area contributed by atoms with Gasteiger partial charge in [-0.25, -0.2) is 0 Å². The molecule has 0 radical (unpaired) electrons. The molecule has 0 aromatic rings. The van der Waals surface area contributed by atoms with Crippen molar-refractivity contribution in [2.45, 2.75) is 64.6 Å². The van der Waals surface area contributed by atoms with E-state index in [9.17, 15) is 9.59 Å². The van der Waals surface area contributed by atoms with Gasteiger partial charge in [0.05, 0.1) is 12.6 Å². The highest BCUT2D eigenvalue weighted by Crippen LogP contribution is 2.30. The van der Waals surface area contributed by atoms with Crippen LogP contribution in [0, 0.1) is 5.92 Å². The van der Waals surface area contributed by atoms with Gasteiger partial charge in [-0.1, -0.05) is 27.2 Å². The molecular weight excluding hydrogens is 256 g/mol. The lowest BCUT2D eigenvalue weighted by Gasteiger charge is -2.48. The van der Waals surface area contributed by atoms with Crippen LogP contribution >= 0.6 is 0 Å². The highest BCUT2D eigenvalue weighted by atomic mass is 16.5. The second-order valence-electron chi connectivity index (χ2n) is 6.24. The molecule has 0 aromatic carbocycles. The first kappa shape index (κ1) is 15.3. The second-order valence-corrected chi connectivity index (χ2v) is 6.24. The molecule has 4 atom stereocenters. The van der Waals surface area contributed by atoms with Crippen molar-refractivity contribution in [1.29, 1.82) is 0 Å². The van der Waals surface area contributed by atoms with Crippen LogP contribution in [0.4, 0.5) is 0 Å². The van der Waals surface area contributed by atoms with Crippen LogP contribution in [0.15, 0.2) is 0 Å². The molecule has 4 unspecified atom stereocenters. The Morgan fingerprint density at radius 3 is 2.65 bits per heavy atom. The van der Waals surface area contributed by atoms with Crippen LogP contribution in [0.5, 0.6) is 0 Å². The average Bonchev–Trinajstić information content (AvgIpc) is 2.95. The van der Waals surface area contributed by atoms with Crippen LogP contribution in [0.2, 0.25) is 0 Å². The minimum atomic E-state index is -0.774. The number of nitrogens with one attached hydrogen (secondary N) is 1.